The summed E-state index contributed by atoms with van der Waals surface area (Å²) >= 11 is 7.67. The zero-order chi connectivity index (χ0) is 22.4. The highest BCUT2D eigenvalue weighted by atomic mass is 35.5. The van der Waals surface area contributed by atoms with Crippen LogP contribution in [0.25, 0.3) is 0 Å². The van der Waals surface area contributed by atoms with Crippen LogP contribution in [0.4, 0.5) is 0 Å². The molecule has 0 radical (unpaired) electrons. The van der Waals surface area contributed by atoms with Crippen molar-refractivity contribution in [1.82, 2.24) is 9.80 Å². The van der Waals surface area contributed by atoms with E-state index in [1.54, 1.807) is 28.4 Å². The van der Waals surface area contributed by atoms with Crippen molar-refractivity contribution in [3.05, 3.63) is 51.2 Å². The standard InChI is InChI=1S/C23H29ClN2O4S/c1-4-16(2)26(23(28)15-29-3)13-22(27)25-11-9-21-19(10-12-31-21)20(25)14-30-18-7-5-17(24)6-8-18/h5-8,10,12,16,20H,4,9,11,13-15H2,1-3H3/t16-,20+/m0/s1. The van der Waals surface area contributed by atoms with E-state index in [-0.39, 0.29) is 37.0 Å². The van der Waals surface area contributed by atoms with Crippen LogP contribution in [0.2, 0.25) is 5.02 Å². The Kier molecular flexibility index (Phi) is 8.35. The molecule has 1 aromatic heterocycles. The Bertz CT molecular complexity index is 886. The number of carbonyl (C=O) groups excluding carboxylic acids is 2. The molecule has 0 fully saturated rings. The number of nitrogens with zero attached hydrogens (tertiary/aromatic N) is 2. The number of hydrogen-bond acceptors (Lipinski definition) is 5. The first-order valence-electron chi connectivity index (χ1n) is 10.5. The molecule has 3 rings (SSSR count). The van der Waals surface area contributed by atoms with Crippen LogP contribution in [0.5, 0.6) is 5.75 Å². The number of amides is 2. The average molecular weight is 465 g/mol. The van der Waals surface area contributed by atoms with E-state index < -0.39 is 0 Å². The third kappa shape index (κ3) is 5.79. The van der Waals surface area contributed by atoms with E-state index in [9.17, 15) is 9.59 Å². The highest BCUT2D eigenvalue weighted by molar-refractivity contribution is 7.10. The van der Waals surface area contributed by atoms with Crippen molar-refractivity contribution in [3.63, 3.8) is 0 Å². The van der Waals surface area contributed by atoms with Gasteiger partial charge in [-0.15, -0.1) is 11.3 Å². The van der Waals surface area contributed by atoms with Crippen molar-refractivity contribution < 1.29 is 19.1 Å². The predicted octanol–water partition coefficient (Wildman–Crippen LogP) is 4.18. The lowest BCUT2D eigenvalue weighted by atomic mass is 10.00. The van der Waals surface area contributed by atoms with E-state index in [4.69, 9.17) is 21.1 Å². The van der Waals surface area contributed by atoms with Crippen LogP contribution >= 0.6 is 22.9 Å². The van der Waals surface area contributed by atoms with Crippen LogP contribution < -0.4 is 4.74 Å². The molecular weight excluding hydrogens is 436 g/mol. The number of fused-ring (bicyclic) bond motifs is 1. The zero-order valence-corrected chi connectivity index (χ0v) is 19.7. The Morgan fingerprint density at radius 1 is 1.29 bits per heavy atom. The number of thiophene rings is 1. The van der Waals surface area contributed by atoms with Gasteiger partial charge in [-0.05, 0) is 61.0 Å². The molecule has 6 nitrogen and oxygen atoms in total. The summed E-state index contributed by atoms with van der Waals surface area (Å²) < 4.78 is 11.0. The number of halogens is 1. The molecule has 1 aliphatic heterocycles. The molecule has 2 amide bonds. The Balaban J connectivity index is 1.77. The molecule has 2 aromatic rings. The van der Waals surface area contributed by atoms with Gasteiger partial charge in [0, 0.05) is 29.6 Å². The summed E-state index contributed by atoms with van der Waals surface area (Å²) in [5.41, 5.74) is 1.12. The first-order valence-corrected chi connectivity index (χ1v) is 11.7. The van der Waals surface area contributed by atoms with Gasteiger partial charge in [-0.25, -0.2) is 0 Å². The van der Waals surface area contributed by atoms with Crippen molar-refractivity contribution >= 4 is 34.8 Å². The molecule has 0 bridgehead atoms. The van der Waals surface area contributed by atoms with E-state index in [1.807, 2.05) is 30.9 Å². The lowest BCUT2D eigenvalue weighted by Crippen LogP contribution is -2.50. The molecule has 0 saturated heterocycles. The van der Waals surface area contributed by atoms with Crippen molar-refractivity contribution in [2.24, 2.45) is 0 Å². The molecule has 0 saturated carbocycles. The number of ether oxygens (including phenoxy) is 2. The first-order chi connectivity index (χ1) is 14.9. The maximum absolute atomic E-state index is 13.4. The Morgan fingerprint density at radius 3 is 2.71 bits per heavy atom. The number of benzene rings is 1. The molecular formula is C23H29ClN2O4S. The second-order valence-electron chi connectivity index (χ2n) is 7.63. The lowest BCUT2D eigenvalue weighted by molar-refractivity contribution is -0.146. The molecule has 0 unspecified atom stereocenters. The van der Waals surface area contributed by atoms with Crippen LogP contribution in [0.15, 0.2) is 35.7 Å². The van der Waals surface area contributed by atoms with Gasteiger partial charge in [-0.3, -0.25) is 9.59 Å². The van der Waals surface area contributed by atoms with E-state index in [0.29, 0.717) is 23.9 Å². The van der Waals surface area contributed by atoms with E-state index in [0.717, 1.165) is 18.4 Å². The fourth-order valence-corrected chi connectivity index (χ4v) is 4.79. The van der Waals surface area contributed by atoms with E-state index >= 15 is 0 Å². The van der Waals surface area contributed by atoms with Gasteiger partial charge in [0.25, 0.3) is 0 Å². The van der Waals surface area contributed by atoms with Gasteiger partial charge in [0.15, 0.2) is 0 Å². The number of methoxy groups -OCH3 is 1. The molecule has 0 aliphatic carbocycles. The van der Waals surface area contributed by atoms with Crippen molar-refractivity contribution in [3.8, 4) is 5.75 Å². The normalized spacial score (nSPS) is 16.5. The van der Waals surface area contributed by atoms with Crippen molar-refractivity contribution in [2.45, 2.75) is 38.8 Å². The molecule has 8 heteroatoms. The molecule has 1 aliphatic rings. The van der Waals surface area contributed by atoms with E-state index in [2.05, 4.69) is 11.4 Å². The van der Waals surface area contributed by atoms with Crippen LogP contribution in [0.1, 0.15) is 36.8 Å². The zero-order valence-electron chi connectivity index (χ0n) is 18.2. The minimum absolute atomic E-state index is 0.0323. The van der Waals surface area contributed by atoms with Gasteiger partial charge in [-0.1, -0.05) is 18.5 Å². The van der Waals surface area contributed by atoms with Gasteiger partial charge in [-0.2, -0.15) is 0 Å². The van der Waals surface area contributed by atoms with Gasteiger partial charge >= 0.3 is 0 Å². The second kappa shape index (κ2) is 11.0. The predicted molar refractivity (Wildman–Crippen MR) is 123 cm³/mol. The summed E-state index contributed by atoms with van der Waals surface area (Å²) in [4.78, 5) is 30.6. The number of hydrogen-bond donors (Lipinski definition) is 0. The molecule has 168 valence electrons. The van der Waals surface area contributed by atoms with Gasteiger partial charge in [0.1, 0.15) is 25.5 Å². The molecule has 2 heterocycles. The van der Waals surface area contributed by atoms with Crippen LogP contribution in [-0.2, 0) is 20.7 Å². The minimum atomic E-state index is -0.200. The topological polar surface area (TPSA) is 59.1 Å². The molecule has 0 spiro atoms. The Hall–Kier alpha value is -2.09. The third-order valence-corrected chi connectivity index (χ3v) is 6.90. The minimum Gasteiger partial charge on any atom is -0.491 e. The fraction of sp³-hybridized carbons (Fsp3) is 0.478. The summed E-state index contributed by atoms with van der Waals surface area (Å²) in [6, 6.07) is 9.02. The van der Waals surface area contributed by atoms with Crippen LogP contribution in [0, 0.1) is 0 Å². The number of carbonyl (C=O) groups is 2. The average Bonchev–Trinajstić information content (AvgIpc) is 3.25. The summed E-state index contributed by atoms with van der Waals surface area (Å²) in [6.07, 6.45) is 1.58. The maximum atomic E-state index is 13.4. The highest BCUT2D eigenvalue weighted by Crippen LogP contribution is 2.34. The first kappa shape index (κ1) is 23.6. The van der Waals surface area contributed by atoms with E-state index in [1.165, 1.54) is 12.0 Å². The summed E-state index contributed by atoms with van der Waals surface area (Å²) in [6.45, 7) is 4.91. The SMILES string of the molecule is CC[C@H](C)N(CC(=O)N1CCc2sccc2[C@H]1COc1ccc(Cl)cc1)C(=O)COC. The second-order valence-corrected chi connectivity index (χ2v) is 9.07. The molecule has 31 heavy (non-hydrogen) atoms. The molecule has 1 aromatic carbocycles. The molecule has 0 N–H and O–H groups in total. The molecule has 2 atom stereocenters. The van der Waals surface area contributed by atoms with Crippen LogP contribution in [-0.4, -0.2) is 61.1 Å². The summed E-state index contributed by atoms with van der Waals surface area (Å²) in [5, 5.41) is 2.70. The Morgan fingerprint density at radius 2 is 2.03 bits per heavy atom. The van der Waals surface area contributed by atoms with Crippen molar-refractivity contribution in [2.75, 3.05) is 33.4 Å². The lowest BCUT2D eigenvalue weighted by Gasteiger charge is -2.38. The Labute approximate surface area is 192 Å². The highest BCUT2D eigenvalue weighted by Gasteiger charge is 2.34. The quantitative estimate of drug-likeness (QED) is 0.558. The summed E-state index contributed by atoms with van der Waals surface area (Å²) in [5.74, 6) is 0.453. The third-order valence-electron chi connectivity index (χ3n) is 5.65. The maximum Gasteiger partial charge on any atom is 0.249 e. The van der Waals surface area contributed by atoms with Gasteiger partial charge in [0.05, 0.1) is 6.04 Å². The van der Waals surface area contributed by atoms with Gasteiger partial charge in [0.2, 0.25) is 11.8 Å². The number of rotatable bonds is 9. The smallest absolute Gasteiger partial charge is 0.249 e. The fourth-order valence-electron chi connectivity index (χ4n) is 3.73. The summed E-state index contributed by atoms with van der Waals surface area (Å²) in [7, 11) is 1.49. The monoisotopic (exact) mass is 464 g/mol. The van der Waals surface area contributed by atoms with Gasteiger partial charge < -0.3 is 19.3 Å². The largest absolute Gasteiger partial charge is 0.491 e. The van der Waals surface area contributed by atoms with Crippen LogP contribution in [0.3, 0.4) is 0 Å². The van der Waals surface area contributed by atoms with Crippen molar-refractivity contribution in [1.29, 1.82) is 0 Å².